The highest BCUT2D eigenvalue weighted by Gasteiger charge is 2.32. The Hall–Kier alpha value is -4.10. The molecule has 198 valence electrons. The zero-order valence-electron chi connectivity index (χ0n) is 22.6. The molecule has 1 N–H and O–H groups in total. The summed E-state index contributed by atoms with van der Waals surface area (Å²) in [6, 6.07) is 25.9. The van der Waals surface area contributed by atoms with Crippen LogP contribution in [0.25, 0.3) is 5.69 Å². The summed E-state index contributed by atoms with van der Waals surface area (Å²) in [4.78, 5) is 27.2. The molecule has 1 fully saturated rings. The summed E-state index contributed by atoms with van der Waals surface area (Å²) >= 11 is 1.61. The maximum absolute atomic E-state index is 12.8. The smallest absolute Gasteiger partial charge is 0.271 e. The number of carbonyl (C=O) groups excluding carboxylic acids is 2. The Morgan fingerprint density at radius 1 is 0.974 bits per heavy atom. The van der Waals surface area contributed by atoms with Crippen molar-refractivity contribution in [1.29, 1.82) is 0 Å². The maximum Gasteiger partial charge on any atom is 0.271 e. The largest absolute Gasteiger partial charge is 0.322 e. The van der Waals surface area contributed by atoms with E-state index >= 15 is 0 Å². The van der Waals surface area contributed by atoms with E-state index in [4.69, 9.17) is 0 Å². The van der Waals surface area contributed by atoms with E-state index in [1.807, 2.05) is 47.4 Å². The van der Waals surface area contributed by atoms with Crippen LogP contribution in [0.2, 0.25) is 0 Å². The molecule has 0 unspecified atom stereocenters. The molecular weight excluding hydrogens is 504 g/mol. The Bertz CT molecular complexity index is 1540. The first-order valence-electron chi connectivity index (χ1n) is 13.0. The van der Waals surface area contributed by atoms with Gasteiger partial charge in [0.25, 0.3) is 5.91 Å². The van der Waals surface area contributed by atoms with Gasteiger partial charge in [0.2, 0.25) is 5.91 Å². The van der Waals surface area contributed by atoms with Gasteiger partial charge in [-0.1, -0.05) is 48.5 Å². The van der Waals surface area contributed by atoms with Gasteiger partial charge in [0, 0.05) is 34.7 Å². The minimum Gasteiger partial charge on any atom is -0.322 e. The molecular formula is C32H32N4O2S. The molecule has 5 rings (SSSR count). The van der Waals surface area contributed by atoms with Crippen molar-refractivity contribution in [2.24, 2.45) is 5.10 Å². The van der Waals surface area contributed by atoms with Gasteiger partial charge >= 0.3 is 0 Å². The number of amides is 2. The summed E-state index contributed by atoms with van der Waals surface area (Å²) in [6.07, 6.45) is 1.69. The fourth-order valence-electron chi connectivity index (χ4n) is 4.89. The molecule has 2 heterocycles. The van der Waals surface area contributed by atoms with E-state index in [0.717, 1.165) is 33.8 Å². The van der Waals surface area contributed by atoms with Crippen molar-refractivity contribution in [2.75, 3.05) is 5.75 Å². The third-order valence-corrected chi connectivity index (χ3v) is 8.47. The number of aryl methyl sites for hydroxylation is 3. The van der Waals surface area contributed by atoms with Gasteiger partial charge in [-0.15, -0.1) is 11.8 Å². The monoisotopic (exact) mass is 536 g/mol. The van der Waals surface area contributed by atoms with Crippen LogP contribution >= 0.6 is 11.8 Å². The number of hydrogen-bond donors (Lipinski definition) is 1. The van der Waals surface area contributed by atoms with Crippen LogP contribution in [0.5, 0.6) is 0 Å². The van der Waals surface area contributed by atoms with Crippen LogP contribution in [0.15, 0.2) is 84.0 Å². The van der Waals surface area contributed by atoms with E-state index in [1.54, 1.807) is 30.1 Å². The second-order valence-electron chi connectivity index (χ2n) is 9.92. The van der Waals surface area contributed by atoms with E-state index in [-0.39, 0.29) is 17.2 Å². The van der Waals surface area contributed by atoms with E-state index < -0.39 is 0 Å². The highest BCUT2D eigenvalue weighted by atomic mass is 32.2. The standard InChI is InChI=1S/C32H32N4O2S/c1-21-10-15-29(16-22(21)2)36-23(3)17-28(24(36)4)18-33-34-31(38)26-11-13-27(14-12-26)32-35(30(37)20-39-32)19-25-8-6-5-7-9-25/h5-18,32H,19-20H2,1-4H3,(H,34,38)/b33-18-/t32-/m1/s1. The Morgan fingerprint density at radius 3 is 2.44 bits per heavy atom. The second kappa shape index (κ2) is 11.3. The van der Waals surface area contributed by atoms with E-state index in [9.17, 15) is 9.59 Å². The molecule has 7 heteroatoms. The van der Waals surface area contributed by atoms with Crippen molar-refractivity contribution in [3.05, 3.63) is 124 Å². The quantitative estimate of drug-likeness (QED) is 0.224. The molecule has 0 bridgehead atoms. The molecule has 4 aromatic rings. The lowest BCUT2D eigenvalue weighted by molar-refractivity contribution is -0.128. The Kier molecular flexibility index (Phi) is 7.70. The highest BCUT2D eigenvalue weighted by Crippen LogP contribution is 2.39. The Balaban J connectivity index is 1.25. The molecule has 0 spiro atoms. The lowest BCUT2D eigenvalue weighted by atomic mass is 10.1. The van der Waals surface area contributed by atoms with Crippen LogP contribution in [0.3, 0.4) is 0 Å². The van der Waals surface area contributed by atoms with Gasteiger partial charge in [-0.25, -0.2) is 5.43 Å². The van der Waals surface area contributed by atoms with Gasteiger partial charge < -0.3 is 9.47 Å². The van der Waals surface area contributed by atoms with E-state index in [2.05, 4.69) is 67.1 Å². The maximum atomic E-state index is 12.8. The average molecular weight is 537 g/mol. The number of nitrogens with zero attached hydrogens (tertiary/aromatic N) is 3. The third-order valence-electron chi connectivity index (χ3n) is 7.21. The van der Waals surface area contributed by atoms with Crippen molar-refractivity contribution < 1.29 is 9.59 Å². The van der Waals surface area contributed by atoms with Crippen molar-refractivity contribution in [1.82, 2.24) is 14.9 Å². The van der Waals surface area contributed by atoms with Crippen molar-refractivity contribution >= 4 is 29.8 Å². The Labute approximate surface area is 233 Å². The summed E-state index contributed by atoms with van der Waals surface area (Å²) in [6.45, 7) is 8.91. The molecule has 0 radical (unpaired) electrons. The zero-order valence-corrected chi connectivity index (χ0v) is 23.5. The first-order chi connectivity index (χ1) is 18.8. The third kappa shape index (κ3) is 5.68. The molecule has 1 aliphatic heterocycles. The SMILES string of the molecule is Cc1ccc(-n2c(C)cc(/C=N\NC(=O)c3ccc([C@H]4SCC(=O)N4Cc4ccccc4)cc3)c2C)cc1C. The first kappa shape index (κ1) is 26.5. The number of thioether (sulfide) groups is 1. The lowest BCUT2D eigenvalue weighted by Crippen LogP contribution is -2.27. The highest BCUT2D eigenvalue weighted by molar-refractivity contribution is 8.00. The predicted molar refractivity (Wildman–Crippen MR) is 158 cm³/mol. The number of hydrazone groups is 1. The van der Waals surface area contributed by atoms with Gasteiger partial charge in [-0.05, 0) is 80.3 Å². The summed E-state index contributed by atoms with van der Waals surface area (Å²) in [5, 5.41) is 4.16. The van der Waals surface area contributed by atoms with Crippen LogP contribution < -0.4 is 5.43 Å². The molecule has 39 heavy (non-hydrogen) atoms. The first-order valence-corrected chi connectivity index (χ1v) is 14.0. The minimum atomic E-state index is -0.280. The molecule has 1 aromatic heterocycles. The van der Waals surface area contributed by atoms with Crippen LogP contribution in [0, 0.1) is 27.7 Å². The second-order valence-corrected chi connectivity index (χ2v) is 11.0. The van der Waals surface area contributed by atoms with Gasteiger partial charge in [-0.2, -0.15) is 5.10 Å². The molecule has 1 aliphatic rings. The van der Waals surface area contributed by atoms with Crippen molar-refractivity contribution in [2.45, 2.75) is 39.6 Å². The summed E-state index contributed by atoms with van der Waals surface area (Å²) in [5.41, 5.74) is 12.0. The molecule has 2 amide bonds. The molecule has 3 aromatic carbocycles. The molecule has 0 saturated carbocycles. The molecule has 6 nitrogen and oxygen atoms in total. The van der Waals surface area contributed by atoms with Crippen molar-refractivity contribution in [3.63, 3.8) is 0 Å². The number of benzene rings is 3. The number of carbonyl (C=O) groups is 2. The number of aromatic nitrogens is 1. The molecule has 1 saturated heterocycles. The number of rotatable bonds is 7. The van der Waals surface area contributed by atoms with E-state index in [0.29, 0.717) is 17.9 Å². The number of hydrogen-bond acceptors (Lipinski definition) is 4. The molecule has 1 atom stereocenters. The average Bonchev–Trinajstić information content (AvgIpc) is 3.44. The van der Waals surface area contributed by atoms with Gasteiger partial charge in [0.05, 0.1) is 12.0 Å². The summed E-state index contributed by atoms with van der Waals surface area (Å²) in [7, 11) is 0. The Morgan fingerprint density at radius 2 is 1.72 bits per heavy atom. The van der Waals surface area contributed by atoms with Crippen LogP contribution in [-0.2, 0) is 11.3 Å². The van der Waals surface area contributed by atoms with Gasteiger partial charge in [-0.3, -0.25) is 9.59 Å². The van der Waals surface area contributed by atoms with Gasteiger partial charge in [0.1, 0.15) is 5.37 Å². The topological polar surface area (TPSA) is 66.7 Å². The predicted octanol–water partition coefficient (Wildman–Crippen LogP) is 6.25. The minimum absolute atomic E-state index is 0.0691. The van der Waals surface area contributed by atoms with Crippen LogP contribution in [0.4, 0.5) is 0 Å². The fourth-order valence-corrected chi connectivity index (χ4v) is 6.07. The van der Waals surface area contributed by atoms with E-state index in [1.165, 1.54) is 11.1 Å². The van der Waals surface area contributed by atoms with Crippen LogP contribution in [-0.4, -0.2) is 33.2 Å². The normalized spacial score (nSPS) is 15.3. The summed E-state index contributed by atoms with van der Waals surface area (Å²) < 4.78 is 2.20. The zero-order chi connectivity index (χ0) is 27.5. The van der Waals surface area contributed by atoms with Crippen LogP contribution in [0.1, 0.15) is 54.9 Å². The van der Waals surface area contributed by atoms with Gasteiger partial charge in [0.15, 0.2) is 0 Å². The number of nitrogens with one attached hydrogen (secondary N) is 1. The van der Waals surface area contributed by atoms with Crippen molar-refractivity contribution in [3.8, 4) is 5.69 Å². The fraction of sp³-hybridized carbons (Fsp3) is 0.219. The molecule has 0 aliphatic carbocycles. The summed E-state index contributed by atoms with van der Waals surface area (Å²) in [5.74, 6) is 0.303. The lowest BCUT2D eigenvalue weighted by Gasteiger charge is -2.24.